The normalized spacial score (nSPS) is 20.0. The number of rotatable bonds is 3. The summed E-state index contributed by atoms with van der Waals surface area (Å²) in [4.78, 5) is 4.31. The Balaban J connectivity index is 1.84. The lowest BCUT2D eigenvalue weighted by Crippen LogP contribution is -2.28. The van der Waals surface area contributed by atoms with E-state index in [2.05, 4.69) is 10.1 Å². The van der Waals surface area contributed by atoms with Crippen LogP contribution in [-0.2, 0) is 10.0 Å². The molecular formula is C13H14ClN3O3S. The first-order valence-corrected chi connectivity index (χ1v) is 8.35. The van der Waals surface area contributed by atoms with Gasteiger partial charge in [0.05, 0.1) is 10.9 Å². The molecule has 2 aromatic rings. The summed E-state index contributed by atoms with van der Waals surface area (Å²) >= 11 is 6.00. The highest BCUT2D eigenvalue weighted by atomic mass is 35.5. The van der Waals surface area contributed by atoms with Crippen LogP contribution >= 0.6 is 11.6 Å². The largest absolute Gasteiger partial charge is 0.339 e. The minimum absolute atomic E-state index is 0.0662. The van der Waals surface area contributed by atoms with Crippen molar-refractivity contribution in [1.82, 2.24) is 14.4 Å². The molecule has 0 bridgehead atoms. The minimum Gasteiger partial charge on any atom is -0.339 e. The third-order valence-corrected chi connectivity index (χ3v) is 5.86. The summed E-state index contributed by atoms with van der Waals surface area (Å²) in [7, 11) is -3.59. The standard InChI is InChI=1S/C13H14ClN3O3S/c1-9-15-13(20-16-9)10-6-7-17(8-10)21(18,19)12-5-3-2-4-11(12)14/h2-5,10H,6-8H2,1H3/t10-/m0/s1. The third kappa shape index (κ3) is 2.68. The first-order chi connectivity index (χ1) is 9.98. The summed E-state index contributed by atoms with van der Waals surface area (Å²) < 4.78 is 31.8. The van der Waals surface area contributed by atoms with Gasteiger partial charge < -0.3 is 4.52 Å². The van der Waals surface area contributed by atoms with E-state index in [9.17, 15) is 8.42 Å². The number of hydrogen-bond donors (Lipinski definition) is 0. The Morgan fingerprint density at radius 1 is 1.38 bits per heavy atom. The Labute approximate surface area is 127 Å². The van der Waals surface area contributed by atoms with Gasteiger partial charge >= 0.3 is 0 Å². The SMILES string of the molecule is Cc1noc([C@H]2CCN(S(=O)(=O)c3ccccc3Cl)C2)n1. The molecule has 0 unspecified atom stereocenters. The molecule has 112 valence electrons. The molecule has 1 saturated heterocycles. The zero-order valence-electron chi connectivity index (χ0n) is 11.4. The van der Waals surface area contributed by atoms with Crippen molar-refractivity contribution < 1.29 is 12.9 Å². The van der Waals surface area contributed by atoms with Gasteiger partial charge in [0.25, 0.3) is 0 Å². The smallest absolute Gasteiger partial charge is 0.244 e. The molecule has 2 heterocycles. The van der Waals surface area contributed by atoms with E-state index in [0.717, 1.165) is 0 Å². The predicted molar refractivity (Wildman–Crippen MR) is 76.6 cm³/mol. The van der Waals surface area contributed by atoms with Gasteiger partial charge in [-0.3, -0.25) is 0 Å². The van der Waals surface area contributed by atoms with Crippen molar-refractivity contribution in [3.8, 4) is 0 Å². The lowest BCUT2D eigenvalue weighted by atomic mass is 10.1. The van der Waals surface area contributed by atoms with Gasteiger partial charge in [-0.05, 0) is 25.5 Å². The zero-order valence-corrected chi connectivity index (χ0v) is 12.9. The molecule has 1 aliphatic rings. The van der Waals surface area contributed by atoms with Crippen LogP contribution in [0.15, 0.2) is 33.7 Å². The molecule has 1 fully saturated rings. The topological polar surface area (TPSA) is 76.3 Å². The molecule has 1 aromatic carbocycles. The second-order valence-electron chi connectivity index (χ2n) is 4.96. The molecule has 0 saturated carbocycles. The van der Waals surface area contributed by atoms with Crippen molar-refractivity contribution in [1.29, 1.82) is 0 Å². The van der Waals surface area contributed by atoms with E-state index in [-0.39, 0.29) is 15.8 Å². The van der Waals surface area contributed by atoms with Crippen LogP contribution in [0.25, 0.3) is 0 Å². The van der Waals surface area contributed by atoms with Gasteiger partial charge in [-0.15, -0.1) is 0 Å². The Bertz CT molecular complexity index is 760. The van der Waals surface area contributed by atoms with Gasteiger partial charge in [-0.25, -0.2) is 8.42 Å². The second-order valence-corrected chi connectivity index (χ2v) is 7.27. The maximum Gasteiger partial charge on any atom is 0.244 e. The van der Waals surface area contributed by atoms with Crippen molar-refractivity contribution in [3.63, 3.8) is 0 Å². The molecular weight excluding hydrogens is 314 g/mol. The molecule has 1 aliphatic heterocycles. The van der Waals surface area contributed by atoms with E-state index in [1.807, 2.05) is 0 Å². The average molecular weight is 328 g/mol. The van der Waals surface area contributed by atoms with Crippen LogP contribution in [0.3, 0.4) is 0 Å². The van der Waals surface area contributed by atoms with E-state index >= 15 is 0 Å². The van der Waals surface area contributed by atoms with Gasteiger partial charge in [0, 0.05) is 13.1 Å². The van der Waals surface area contributed by atoms with E-state index in [1.54, 1.807) is 25.1 Å². The number of aryl methyl sites for hydroxylation is 1. The first-order valence-electron chi connectivity index (χ1n) is 6.53. The Morgan fingerprint density at radius 3 is 2.81 bits per heavy atom. The van der Waals surface area contributed by atoms with Crippen molar-refractivity contribution in [3.05, 3.63) is 41.0 Å². The van der Waals surface area contributed by atoms with E-state index in [1.165, 1.54) is 10.4 Å². The summed E-state index contributed by atoms with van der Waals surface area (Å²) in [5.41, 5.74) is 0. The fourth-order valence-electron chi connectivity index (χ4n) is 2.42. The molecule has 21 heavy (non-hydrogen) atoms. The molecule has 3 rings (SSSR count). The van der Waals surface area contributed by atoms with Crippen LogP contribution in [0.5, 0.6) is 0 Å². The Hall–Kier alpha value is -1.44. The molecule has 0 aliphatic carbocycles. The molecule has 0 N–H and O–H groups in total. The summed E-state index contributed by atoms with van der Waals surface area (Å²) in [6.07, 6.45) is 0.658. The van der Waals surface area contributed by atoms with E-state index in [4.69, 9.17) is 16.1 Å². The molecule has 0 spiro atoms. The van der Waals surface area contributed by atoms with Crippen LogP contribution in [0.4, 0.5) is 0 Å². The van der Waals surface area contributed by atoms with Crippen molar-refractivity contribution in [2.24, 2.45) is 0 Å². The Morgan fingerprint density at radius 2 is 2.14 bits per heavy atom. The number of halogens is 1. The van der Waals surface area contributed by atoms with Gasteiger partial charge in [0.2, 0.25) is 15.9 Å². The maximum absolute atomic E-state index is 12.6. The van der Waals surface area contributed by atoms with Gasteiger partial charge in [-0.1, -0.05) is 28.9 Å². The van der Waals surface area contributed by atoms with Gasteiger partial charge in [-0.2, -0.15) is 9.29 Å². The van der Waals surface area contributed by atoms with Crippen molar-refractivity contribution in [2.75, 3.05) is 13.1 Å². The molecule has 0 amide bonds. The predicted octanol–water partition coefficient (Wildman–Crippen LogP) is 2.21. The summed E-state index contributed by atoms with van der Waals surface area (Å²) in [5, 5.41) is 3.98. The number of hydrogen-bond acceptors (Lipinski definition) is 5. The van der Waals surface area contributed by atoms with E-state index in [0.29, 0.717) is 31.2 Å². The highest BCUT2D eigenvalue weighted by Gasteiger charge is 2.36. The summed E-state index contributed by atoms with van der Waals surface area (Å²) in [6, 6.07) is 6.45. The molecule has 8 heteroatoms. The van der Waals surface area contributed by atoms with Crippen LogP contribution in [0.2, 0.25) is 5.02 Å². The maximum atomic E-state index is 12.6. The molecule has 1 aromatic heterocycles. The first kappa shape index (κ1) is 14.5. The zero-order chi connectivity index (χ0) is 15.0. The number of nitrogens with zero attached hydrogens (tertiary/aromatic N) is 3. The monoisotopic (exact) mass is 327 g/mol. The Kier molecular flexibility index (Phi) is 3.73. The average Bonchev–Trinajstić information content (AvgIpc) is 3.07. The fourth-order valence-corrected chi connectivity index (χ4v) is 4.41. The van der Waals surface area contributed by atoms with Crippen molar-refractivity contribution >= 4 is 21.6 Å². The summed E-state index contributed by atoms with van der Waals surface area (Å²) in [6.45, 7) is 2.48. The second kappa shape index (κ2) is 5.40. The highest BCUT2D eigenvalue weighted by molar-refractivity contribution is 7.89. The van der Waals surface area contributed by atoms with Gasteiger partial charge in [0.15, 0.2) is 5.82 Å². The highest BCUT2D eigenvalue weighted by Crippen LogP contribution is 2.32. The van der Waals surface area contributed by atoms with Crippen LogP contribution in [0, 0.1) is 6.92 Å². The number of aromatic nitrogens is 2. The minimum atomic E-state index is -3.59. The summed E-state index contributed by atoms with van der Waals surface area (Å²) in [5.74, 6) is 0.977. The molecule has 1 atom stereocenters. The lowest BCUT2D eigenvalue weighted by Gasteiger charge is -2.16. The number of sulfonamides is 1. The fraction of sp³-hybridized carbons (Fsp3) is 0.385. The molecule has 0 radical (unpaired) electrons. The number of benzene rings is 1. The van der Waals surface area contributed by atoms with Crippen LogP contribution in [0.1, 0.15) is 24.1 Å². The quantitative estimate of drug-likeness (QED) is 0.863. The lowest BCUT2D eigenvalue weighted by molar-refractivity contribution is 0.351. The van der Waals surface area contributed by atoms with Crippen LogP contribution < -0.4 is 0 Å². The van der Waals surface area contributed by atoms with Crippen molar-refractivity contribution in [2.45, 2.75) is 24.2 Å². The van der Waals surface area contributed by atoms with Crippen LogP contribution in [-0.4, -0.2) is 36.0 Å². The third-order valence-electron chi connectivity index (χ3n) is 3.50. The van der Waals surface area contributed by atoms with Gasteiger partial charge in [0.1, 0.15) is 4.90 Å². The molecule has 6 nitrogen and oxygen atoms in total. The van der Waals surface area contributed by atoms with E-state index < -0.39 is 10.0 Å².